The molecule has 9 heteroatoms. The Morgan fingerprint density at radius 3 is 2.58 bits per heavy atom. The third-order valence-electron chi connectivity index (χ3n) is 7.29. The third kappa shape index (κ3) is 6.54. The maximum atomic E-state index is 13.2. The number of likely N-dealkylation sites (tertiary alicyclic amines) is 1. The second kappa shape index (κ2) is 10.8. The van der Waals surface area contributed by atoms with E-state index in [9.17, 15) is 9.35 Å². The normalized spacial score (nSPS) is 25.0. The number of nitrogens with one attached hydrogen (secondary N) is 1. The van der Waals surface area contributed by atoms with Crippen molar-refractivity contribution in [3.63, 3.8) is 0 Å². The highest BCUT2D eigenvalue weighted by atomic mass is 32.2. The van der Waals surface area contributed by atoms with Crippen molar-refractivity contribution >= 4 is 17.5 Å². The van der Waals surface area contributed by atoms with Gasteiger partial charge < -0.3 is 23.7 Å². The van der Waals surface area contributed by atoms with Crippen LogP contribution in [0.5, 0.6) is 0 Å². The standard InChI is InChI=1S/C27H43N3O5S/c1-25(2,3)35-24(31)30-12-10-27(11-13-30)16-19-15-20(18-34-22-9-7-8-14-33-22)28-17-21(19)23(27)29-36(32)26(4,5)6/h15,17,22-23,29H,7-14,16,18H2,1-6H3/t22?,23-,36?/m1/s1. The minimum Gasteiger partial charge on any atom is -0.598 e. The molecule has 3 heterocycles. The quantitative estimate of drug-likeness (QED) is 0.557. The van der Waals surface area contributed by atoms with E-state index in [-0.39, 0.29) is 28.6 Å². The topological polar surface area (TPSA) is 96.0 Å². The predicted octanol–water partition coefficient (Wildman–Crippen LogP) is 4.79. The number of fused-ring (bicyclic) bond motifs is 1. The number of piperidine rings is 1. The summed E-state index contributed by atoms with van der Waals surface area (Å²) in [5, 5.41) is 0. The van der Waals surface area contributed by atoms with Crippen molar-refractivity contribution in [3.05, 3.63) is 29.1 Å². The van der Waals surface area contributed by atoms with Crippen molar-refractivity contribution in [1.82, 2.24) is 14.6 Å². The van der Waals surface area contributed by atoms with E-state index in [0.29, 0.717) is 19.7 Å². The van der Waals surface area contributed by atoms with Gasteiger partial charge in [0, 0.05) is 42.7 Å². The van der Waals surface area contributed by atoms with E-state index in [1.54, 1.807) is 4.90 Å². The molecule has 2 fully saturated rings. The van der Waals surface area contributed by atoms with Crippen LogP contribution in [-0.4, -0.2) is 56.9 Å². The van der Waals surface area contributed by atoms with Crippen LogP contribution in [0.25, 0.3) is 0 Å². The summed E-state index contributed by atoms with van der Waals surface area (Å²) in [5.41, 5.74) is 2.58. The first-order chi connectivity index (χ1) is 16.9. The van der Waals surface area contributed by atoms with E-state index in [0.717, 1.165) is 56.4 Å². The Kier molecular flexibility index (Phi) is 8.27. The first-order valence-electron chi connectivity index (χ1n) is 13.2. The molecule has 0 radical (unpaired) electrons. The fourth-order valence-corrected chi connectivity index (χ4v) is 6.22. The minimum atomic E-state index is -1.23. The van der Waals surface area contributed by atoms with Gasteiger partial charge in [0.1, 0.15) is 10.3 Å². The summed E-state index contributed by atoms with van der Waals surface area (Å²) in [6, 6.07) is 2.06. The van der Waals surface area contributed by atoms with Crippen LogP contribution in [0.2, 0.25) is 0 Å². The van der Waals surface area contributed by atoms with E-state index in [4.69, 9.17) is 19.2 Å². The third-order valence-corrected chi connectivity index (χ3v) is 8.86. The highest BCUT2D eigenvalue weighted by Gasteiger charge is 2.51. The summed E-state index contributed by atoms with van der Waals surface area (Å²) < 4.78 is 33.6. The van der Waals surface area contributed by atoms with Crippen LogP contribution < -0.4 is 4.72 Å². The first-order valence-corrected chi connectivity index (χ1v) is 14.4. The second-order valence-corrected chi connectivity index (χ2v) is 14.4. The molecule has 1 aliphatic carbocycles. The Balaban J connectivity index is 1.50. The van der Waals surface area contributed by atoms with Gasteiger partial charge in [-0.05, 0) is 97.3 Å². The zero-order valence-corrected chi connectivity index (χ0v) is 23.5. The van der Waals surface area contributed by atoms with Crippen molar-refractivity contribution in [3.8, 4) is 0 Å². The molecule has 4 rings (SSSR count). The van der Waals surface area contributed by atoms with Crippen molar-refractivity contribution in [2.45, 2.75) is 109 Å². The highest BCUT2D eigenvalue weighted by Crippen LogP contribution is 2.52. The monoisotopic (exact) mass is 521 g/mol. The number of amides is 1. The molecule has 0 bridgehead atoms. The molecule has 2 saturated heterocycles. The molecule has 36 heavy (non-hydrogen) atoms. The fourth-order valence-electron chi connectivity index (χ4n) is 5.28. The van der Waals surface area contributed by atoms with Crippen LogP contribution in [0.3, 0.4) is 0 Å². The molecule has 3 aliphatic rings. The average Bonchev–Trinajstić information content (AvgIpc) is 3.08. The Morgan fingerprint density at radius 1 is 1.25 bits per heavy atom. The number of hydrogen-bond acceptors (Lipinski definition) is 7. The van der Waals surface area contributed by atoms with Gasteiger partial charge in [-0.15, -0.1) is 4.72 Å². The van der Waals surface area contributed by atoms with Gasteiger partial charge in [0.15, 0.2) is 6.29 Å². The van der Waals surface area contributed by atoms with Crippen molar-refractivity contribution in [2.24, 2.45) is 5.41 Å². The predicted molar refractivity (Wildman–Crippen MR) is 140 cm³/mol. The molecular formula is C27H43N3O5S. The maximum Gasteiger partial charge on any atom is 0.410 e. The summed E-state index contributed by atoms with van der Waals surface area (Å²) in [5.74, 6) is 0. The van der Waals surface area contributed by atoms with E-state index >= 15 is 0 Å². The van der Waals surface area contributed by atoms with E-state index in [2.05, 4.69) is 10.8 Å². The molecule has 2 aliphatic heterocycles. The van der Waals surface area contributed by atoms with Gasteiger partial charge in [-0.1, -0.05) is 0 Å². The van der Waals surface area contributed by atoms with E-state index in [1.165, 1.54) is 5.56 Å². The van der Waals surface area contributed by atoms with Gasteiger partial charge in [-0.25, -0.2) is 4.79 Å². The highest BCUT2D eigenvalue weighted by molar-refractivity contribution is 7.90. The Labute approximate surface area is 219 Å². The smallest absolute Gasteiger partial charge is 0.410 e. The molecule has 2 unspecified atom stereocenters. The fraction of sp³-hybridized carbons (Fsp3) is 0.778. The van der Waals surface area contributed by atoms with Crippen LogP contribution in [-0.2, 0) is 38.6 Å². The van der Waals surface area contributed by atoms with Crippen molar-refractivity contribution in [1.29, 1.82) is 0 Å². The first kappa shape index (κ1) is 27.6. The number of carbonyl (C=O) groups is 1. The number of carbonyl (C=O) groups excluding carboxylic acids is 1. The molecule has 8 nitrogen and oxygen atoms in total. The van der Waals surface area contributed by atoms with Gasteiger partial charge >= 0.3 is 6.09 Å². The lowest BCUT2D eigenvalue weighted by Gasteiger charge is -2.43. The van der Waals surface area contributed by atoms with Crippen LogP contribution in [0.1, 0.15) is 96.5 Å². The second-order valence-electron chi connectivity index (χ2n) is 12.4. The number of rotatable bonds is 5. The molecule has 1 aromatic rings. The number of hydrogen-bond donors (Lipinski definition) is 1. The van der Waals surface area contributed by atoms with E-state index < -0.39 is 17.0 Å². The van der Waals surface area contributed by atoms with Gasteiger partial charge in [-0.2, -0.15) is 0 Å². The largest absolute Gasteiger partial charge is 0.598 e. The number of aromatic nitrogens is 1. The Morgan fingerprint density at radius 2 is 1.97 bits per heavy atom. The SMILES string of the molecule is CC(C)(C)OC(=O)N1CCC2(CC1)Cc1cc(COC3CCCCO3)ncc1[C@H]2N[S+]([O-])C(C)(C)C. The lowest BCUT2D eigenvalue weighted by atomic mass is 9.73. The van der Waals surface area contributed by atoms with Crippen LogP contribution in [0.15, 0.2) is 12.3 Å². The summed E-state index contributed by atoms with van der Waals surface area (Å²) in [6.07, 6.45) is 7.14. The summed E-state index contributed by atoms with van der Waals surface area (Å²) in [7, 11) is 0. The van der Waals surface area contributed by atoms with Gasteiger partial charge in [0.05, 0.1) is 18.3 Å². The molecule has 1 aromatic heterocycles. The zero-order chi connectivity index (χ0) is 26.1. The summed E-state index contributed by atoms with van der Waals surface area (Å²) in [4.78, 5) is 19.2. The number of nitrogens with zero attached hydrogens (tertiary/aromatic N) is 2. The van der Waals surface area contributed by atoms with E-state index in [1.807, 2.05) is 47.7 Å². The van der Waals surface area contributed by atoms with Crippen LogP contribution in [0.4, 0.5) is 4.79 Å². The zero-order valence-electron chi connectivity index (χ0n) is 22.7. The molecule has 0 aromatic carbocycles. The number of ether oxygens (including phenoxy) is 3. The van der Waals surface area contributed by atoms with Crippen LogP contribution in [0, 0.1) is 5.41 Å². The maximum absolute atomic E-state index is 13.2. The molecular weight excluding hydrogens is 478 g/mol. The van der Waals surface area contributed by atoms with Crippen molar-refractivity contribution < 1.29 is 23.6 Å². The Hall–Kier alpha value is -1.39. The Bertz CT molecular complexity index is 915. The molecule has 202 valence electrons. The van der Waals surface area contributed by atoms with Gasteiger partial charge in [0.2, 0.25) is 0 Å². The molecule has 3 atom stereocenters. The van der Waals surface area contributed by atoms with Crippen LogP contribution >= 0.6 is 0 Å². The summed E-state index contributed by atoms with van der Waals surface area (Å²) >= 11 is -1.23. The lowest BCUT2D eigenvalue weighted by molar-refractivity contribution is -0.169. The molecule has 1 N–H and O–H groups in total. The summed E-state index contributed by atoms with van der Waals surface area (Å²) in [6.45, 7) is 14.0. The lowest BCUT2D eigenvalue weighted by Crippen LogP contribution is -2.51. The molecule has 1 amide bonds. The van der Waals surface area contributed by atoms with Gasteiger partial charge in [-0.3, -0.25) is 4.98 Å². The van der Waals surface area contributed by atoms with Crippen molar-refractivity contribution in [2.75, 3.05) is 19.7 Å². The minimum absolute atomic E-state index is 0.0857. The molecule has 0 saturated carbocycles. The average molecular weight is 522 g/mol. The molecule has 1 spiro atoms. The number of pyridine rings is 1. The van der Waals surface area contributed by atoms with Gasteiger partial charge in [0.25, 0.3) is 0 Å².